The van der Waals surface area contributed by atoms with Gasteiger partial charge in [0.2, 0.25) is 0 Å². The molecular formula is C17H23N3O5. The number of nitrogens with zero attached hydrogens (tertiary/aromatic N) is 2. The van der Waals surface area contributed by atoms with E-state index < -0.39 is 16.8 Å². The van der Waals surface area contributed by atoms with Crippen LogP contribution in [0.25, 0.3) is 0 Å². The molecule has 1 aromatic rings. The molecule has 2 rings (SSSR count). The predicted octanol–water partition coefficient (Wildman–Crippen LogP) is 2.27. The van der Waals surface area contributed by atoms with Crippen LogP contribution in [0.3, 0.4) is 0 Å². The molecule has 1 aromatic carbocycles. The number of hydrogen-bond acceptors (Lipinski definition) is 6. The second-order valence-electron chi connectivity index (χ2n) is 6.20. The molecule has 1 fully saturated rings. The highest BCUT2D eigenvalue weighted by molar-refractivity contribution is 5.96. The van der Waals surface area contributed by atoms with Crippen LogP contribution in [0.15, 0.2) is 18.2 Å². The molecule has 0 aliphatic carbocycles. The second-order valence-corrected chi connectivity index (χ2v) is 6.20. The zero-order chi connectivity index (χ0) is 18.4. The maximum absolute atomic E-state index is 12.2. The van der Waals surface area contributed by atoms with E-state index in [0.717, 1.165) is 25.9 Å². The summed E-state index contributed by atoms with van der Waals surface area (Å²) in [7, 11) is 0. The van der Waals surface area contributed by atoms with E-state index in [4.69, 9.17) is 4.74 Å². The van der Waals surface area contributed by atoms with E-state index >= 15 is 0 Å². The molecule has 136 valence electrons. The fourth-order valence-corrected chi connectivity index (χ4v) is 2.74. The van der Waals surface area contributed by atoms with Gasteiger partial charge in [0, 0.05) is 31.3 Å². The first-order valence-corrected chi connectivity index (χ1v) is 8.39. The molecule has 1 N–H and O–H groups in total. The van der Waals surface area contributed by atoms with Crippen molar-refractivity contribution in [2.45, 2.75) is 39.2 Å². The van der Waals surface area contributed by atoms with Crippen LogP contribution in [0.1, 0.15) is 43.5 Å². The molecule has 0 bridgehead atoms. The molecule has 25 heavy (non-hydrogen) atoms. The molecule has 1 aliphatic heterocycles. The Kier molecular flexibility index (Phi) is 6.32. The number of nitro groups is 1. The molecule has 0 aromatic heterocycles. The third kappa shape index (κ3) is 5.17. The first-order valence-electron chi connectivity index (χ1n) is 8.39. The van der Waals surface area contributed by atoms with E-state index in [0.29, 0.717) is 5.69 Å². The zero-order valence-corrected chi connectivity index (χ0v) is 14.5. The lowest BCUT2D eigenvalue weighted by atomic mass is 10.1. The summed E-state index contributed by atoms with van der Waals surface area (Å²) in [4.78, 5) is 36.4. The normalized spacial score (nSPS) is 13.8. The van der Waals surface area contributed by atoms with Crippen LogP contribution in [-0.2, 0) is 9.53 Å². The molecule has 0 atom stereocenters. The quantitative estimate of drug-likeness (QED) is 0.460. The Hall–Kier alpha value is -2.64. The van der Waals surface area contributed by atoms with E-state index in [1.54, 1.807) is 26.0 Å². The minimum atomic E-state index is -0.468. The summed E-state index contributed by atoms with van der Waals surface area (Å²) in [5.74, 6) is -0.848. The molecule has 0 spiro atoms. The van der Waals surface area contributed by atoms with Crippen molar-refractivity contribution in [3.05, 3.63) is 33.9 Å². The Morgan fingerprint density at radius 2 is 2.00 bits per heavy atom. The number of hydrogen-bond donors (Lipinski definition) is 1. The maximum Gasteiger partial charge on any atom is 0.307 e. The summed E-state index contributed by atoms with van der Waals surface area (Å²) in [6.07, 6.45) is 1.86. The van der Waals surface area contributed by atoms with Gasteiger partial charge in [-0.25, -0.2) is 0 Å². The third-order valence-electron chi connectivity index (χ3n) is 3.86. The van der Waals surface area contributed by atoms with Crippen molar-refractivity contribution in [1.29, 1.82) is 0 Å². The Labute approximate surface area is 146 Å². The molecule has 1 saturated heterocycles. The van der Waals surface area contributed by atoms with Crippen molar-refractivity contribution in [2.24, 2.45) is 0 Å². The summed E-state index contributed by atoms with van der Waals surface area (Å²) in [6.45, 7) is 5.18. The van der Waals surface area contributed by atoms with E-state index in [2.05, 4.69) is 5.32 Å². The van der Waals surface area contributed by atoms with Crippen LogP contribution < -0.4 is 10.2 Å². The second kappa shape index (κ2) is 8.46. The van der Waals surface area contributed by atoms with E-state index in [1.165, 1.54) is 6.07 Å². The van der Waals surface area contributed by atoms with Crippen LogP contribution >= 0.6 is 0 Å². The van der Waals surface area contributed by atoms with Crippen molar-refractivity contribution in [3.63, 3.8) is 0 Å². The first-order chi connectivity index (χ1) is 11.9. The molecule has 8 nitrogen and oxygen atoms in total. The molecule has 1 heterocycles. The maximum atomic E-state index is 12.2. The van der Waals surface area contributed by atoms with E-state index in [1.807, 2.05) is 4.90 Å². The number of benzene rings is 1. The Morgan fingerprint density at radius 1 is 1.32 bits per heavy atom. The van der Waals surface area contributed by atoms with Gasteiger partial charge in [0.05, 0.1) is 17.4 Å². The third-order valence-corrected chi connectivity index (χ3v) is 3.86. The van der Waals surface area contributed by atoms with Gasteiger partial charge in [-0.05, 0) is 38.8 Å². The van der Waals surface area contributed by atoms with Gasteiger partial charge in [-0.15, -0.1) is 0 Å². The largest absolute Gasteiger partial charge is 0.463 e. The fraction of sp³-hybridized carbons (Fsp3) is 0.529. The molecule has 0 radical (unpaired) electrons. The smallest absolute Gasteiger partial charge is 0.307 e. The molecule has 1 amide bonds. The van der Waals surface area contributed by atoms with Crippen LogP contribution in [-0.4, -0.2) is 42.5 Å². The fourth-order valence-electron chi connectivity index (χ4n) is 2.74. The topological polar surface area (TPSA) is 102 Å². The number of ether oxygens (including phenoxy) is 1. The lowest BCUT2D eigenvalue weighted by Gasteiger charge is -2.17. The van der Waals surface area contributed by atoms with Gasteiger partial charge in [0.25, 0.3) is 11.6 Å². The van der Waals surface area contributed by atoms with Gasteiger partial charge >= 0.3 is 5.97 Å². The molecule has 8 heteroatoms. The van der Waals surface area contributed by atoms with Crippen molar-refractivity contribution in [2.75, 3.05) is 24.5 Å². The number of nitrogens with one attached hydrogen (secondary N) is 1. The summed E-state index contributed by atoms with van der Waals surface area (Å²) >= 11 is 0. The van der Waals surface area contributed by atoms with E-state index in [-0.39, 0.29) is 30.3 Å². The van der Waals surface area contributed by atoms with Crippen molar-refractivity contribution < 1.29 is 19.2 Å². The summed E-state index contributed by atoms with van der Waals surface area (Å²) < 4.78 is 4.98. The van der Waals surface area contributed by atoms with Crippen molar-refractivity contribution >= 4 is 23.3 Å². The number of esters is 1. The van der Waals surface area contributed by atoms with Crippen LogP contribution in [0, 0.1) is 10.1 Å². The average Bonchev–Trinajstić information content (AvgIpc) is 3.07. The minimum Gasteiger partial charge on any atom is -0.463 e. The summed E-state index contributed by atoms with van der Waals surface area (Å²) in [5, 5.41) is 13.9. The molecule has 1 aliphatic rings. The first kappa shape index (κ1) is 18.7. The SMILES string of the molecule is CC(C)OC(=O)CCNC(=O)c1ccc(N2CCCC2)c([N+](=O)[O-])c1. The summed E-state index contributed by atoms with van der Waals surface area (Å²) in [5.41, 5.74) is 0.667. The van der Waals surface area contributed by atoms with E-state index in [9.17, 15) is 19.7 Å². The van der Waals surface area contributed by atoms with Gasteiger partial charge < -0.3 is 15.0 Å². The standard InChI is InChI=1S/C17H23N3O5/c1-12(2)25-16(21)7-8-18-17(22)13-5-6-14(15(11-13)20(23)24)19-9-3-4-10-19/h5-6,11-12H,3-4,7-10H2,1-2H3,(H,18,22). The van der Waals surface area contributed by atoms with Gasteiger partial charge in [-0.3, -0.25) is 19.7 Å². The molecule has 0 saturated carbocycles. The number of amides is 1. The lowest BCUT2D eigenvalue weighted by molar-refractivity contribution is -0.384. The number of rotatable bonds is 7. The molecule has 0 unspecified atom stereocenters. The highest BCUT2D eigenvalue weighted by Gasteiger charge is 2.23. The van der Waals surface area contributed by atoms with Crippen molar-refractivity contribution in [1.82, 2.24) is 5.32 Å². The lowest BCUT2D eigenvalue weighted by Crippen LogP contribution is -2.27. The highest BCUT2D eigenvalue weighted by Crippen LogP contribution is 2.31. The van der Waals surface area contributed by atoms with Crippen molar-refractivity contribution in [3.8, 4) is 0 Å². The average molecular weight is 349 g/mol. The van der Waals surface area contributed by atoms with Gasteiger partial charge in [0.1, 0.15) is 5.69 Å². The zero-order valence-electron chi connectivity index (χ0n) is 14.5. The van der Waals surface area contributed by atoms with Gasteiger partial charge in [-0.2, -0.15) is 0 Å². The Balaban J connectivity index is 2.01. The Morgan fingerprint density at radius 3 is 2.60 bits per heavy atom. The van der Waals surface area contributed by atoms with Crippen LogP contribution in [0.2, 0.25) is 0 Å². The number of carbonyl (C=O) groups is 2. The predicted molar refractivity (Wildman–Crippen MR) is 92.7 cm³/mol. The number of anilines is 1. The summed E-state index contributed by atoms with van der Waals surface area (Å²) in [6, 6.07) is 4.48. The Bertz CT molecular complexity index is 654. The van der Waals surface area contributed by atoms with Gasteiger partial charge in [0.15, 0.2) is 0 Å². The highest BCUT2D eigenvalue weighted by atomic mass is 16.6. The number of nitro benzene ring substituents is 1. The van der Waals surface area contributed by atoms with Crippen LogP contribution in [0.5, 0.6) is 0 Å². The van der Waals surface area contributed by atoms with Crippen LogP contribution in [0.4, 0.5) is 11.4 Å². The minimum absolute atomic E-state index is 0.0534. The molecular weight excluding hydrogens is 326 g/mol. The number of carbonyl (C=O) groups excluding carboxylic acids is 2. The monoisotopic (exact) mass is 349 g/mol. The van der Waals surface area contributed by atoms with Gasteiger partial charge in [-0.1, -0.05) is 0 Å².